The molecule has 0 aliphatic rings. The van der Waals surface area contributed by atoms with Gasteiger partial charge in [-0.1, -0.05) is 13.8 Å². The molecule has 2 heterocycles. The molecular formula is C12H13FN4OS. The Morgan fingerprint density at radius 1 is 1.53 bits per heavy atom. The molecule has 0 spiro atoms. The number of amides is 1. The SMILES string of the molecule is CC(C)c1csc(NC(=O)c2cc(F)cnc2N)n1. The largest absolute Gasteiger partial charge is 0.383 e. The lowest BCUT2D eigenvalue weighted by molar-refractivity contribution is 0.102. The first kappa shape index (κ1) is 13.4. The third kappa shape index (κ3) is 3.05. The van der Waals surface area contributed by atoms with Crippen molar-refractivity contribution in [2.45, 2.75) is 19.8 Å². The molecule has 2 rings (SSSR count). The molecule has 1 amide bonds. The number of rotatable bonds is 3. The summed E-state index contributed by atoms with van der Waals surface area (Å²) in [6.45, 7) is 4.02. The maximum Gasteiger partial charge on any atom is 0.261 e. The predicted octanol–water partition coefficient (Wildman–Crippen LogP) is 2.64. The zero-order chi connectivity index (χ0) is 14.0. The van der Waals surface area contributed by atoms with Crippen molar-refractivity contribution in [3.8, 4) is 0 Å². The molecule has 19 heavy (non-hydrogen) atoms. The van der Waals surface area contributed by atoms with Gasteiger partial charge < -0.3 is 5.73 Å². The van der Waals surface area contributed by atoms with Crippen molar-refractivity contribution in [1.82, 2.24) is 9.97 Å². The number of hydrogen-bond donors (Lipinski definition) is 2. The molecule has 0 unspecified atom stereocenters. The number of hydrogen-bond acceptors (Lipinski definition) is 5. The number of aromatic nitrogens is 2. The summed E-state index contributed by atoms with van der Waals surface area (Å²) >= 11 is 1.31. The number of pyridine rings is 1. The van der Waals surface area contributed by atoms with E-state index in [1.54, 1.807) is 0 Å². The van der Waals surface area contributed by atoms with E-state index < -0.39 is 11.7 Å². The summed E-state index contributed by atoms with van der Waals surface area (Å²) in [5, 5.41) is 4.91. The second-order valence-corrected chi connectivity index (χ2v) is 5.13. The van der Waals surface area contributed by atoms with Crippen molar-refractivity contribution < 1.29 is 9.18 Å². The van der Waals surface area contributed by atoms with Crippen molar-refractivity contribution in [2.75, 3.05) is 11.1 Å². The van der Waals surface area contributed by atoms with Gasteiger partial charge in [-0.25, -0.2) is 14.4 Å². The number of thiazole rings is 1. The Morgan fingerprint density at radius 3 is 2.89 bits per heavy atom. The van der Waals surface area contributed by atoms with E-state index in [0.29, 0.717) is 5.13 Å². The van der Waals surface area contributed by atoms with Gasteiger partial charge in [-0.15, -0.1) is 11.3 Å². The monoisotopic (exact) mass is 280 g/mol. The Labute approximate surface area is 113 Å². The molecule has 7 heteroatoms. The number of anilines is 2. The number of carbonyl (C=O) groups is 1. The lowest BCUT2D eigenvalue weighted by Crippen LogP contribution is -2.15. The average Bonchev–Trinajstić information content (AvgIpc) is 2.80. The van der Waals surface area contributed by atoms with Crippen molar-refractivity contribution in [3.63, 3.8) is 0 Å². The van der Waals surface area contributed by atoms with Gasteiger partial charge in [0.2, 0.25) is 0 Å². The quantitative estimate of drug-likeness (QED) is 0.905. The van der Waals surface area contributed by atoms with Gasteiger partial charge in [0.1, 0.15) is 11.6 Å². The minimum atomic E-state index is -0.610. The molecule has 0 radical (unpaired) electrons. The fourth-order valence-electron chi connectivity index (χ4n) is 1.40. The van der Waals surface area contributed by atoms with Crippen LogP contribution < -0.4 is 11.1 Å². The van der Waals surface area contributed by atoms with Crippen molar-refractivity contribution >= 4 is 28.2 Å². The lowest BCUT2D eigenvalue weighted by Gasteiger charge is -2.04. The summed E-state index contributed by atoms with van der Waals surface area (Å²) in [4.78, 5) is 19.8. The summed E-state index contributed by atoms with van der Waals surface area (Å²) < 4.78 is 13.0. The lowest BCUT2D eigenvalue weighted by atomic mass is 10.2. The van der Waals surface area contributed by atoms with Gasteiger partial charge in [-0.2, -0.15) is 0 Å². The van der Waals surface area contributed by atoms with E-state index in [1.165, 1.54) is 11.3 Å². The molecule has 0 fully saturated rings. The fraction of sp³-hybridized carbons (Fsp3) is 0.250. The molecule has 0 aromatic carbocycles. The molecule has 5 nitrogen and oxygen atoms in total. The van der Waals surface area contributed by atoms with Crippen LogP contribution in [0, 0.1) is 5.82 Å². The summed E-state index contributed by atoms with van der Waals surface area (Å²) in [6.07, 6.45) is 0.965. The smallest absolute Gasteiger partial charge is 0.261 e. The Kier molecular flexibility index (Phi) is 3.75. The molecule has 0 bridgehead atoms. The zero-order valence-electron chi connectivity index (χ0n) is 10.5. The van der Waals surface area contributed by atoms with Crippen LogP contribution >= 0.6 is 11.3 Å². The van der Waals surface area contributed by atoms with E-state index in [0.717, 1.165) is 18.0 Å². The molecule has 2 aromatic rings. The summed E-state index contributed by atoms with van der Waals surface area (Å²) in [5.74, 6) is -0.863. The molecule has 0 atom stereocenters. The van der Waals surface area contributed by atoms with Gasteiger partial charge in [0, 0.05) is 5.38 Å². The van der Waals surface area contributed by atoms with Crippen LogP contribution in [0.1, 0.15) is 35.8 Å². The predicted molar refractivity (Wildman–Crippen MR) is 72.8 cm³/mol. The van der Waals surface area contributed by atoms with Crippen molar-refractivity contribution in [2.24, 2.45) is 0 Å². The van der Waals surface area contributed by atoms with E-state index >= 15 is 0 Å². The number of carbonyl (C=O) groups excluding carboxylic acids is 1. The van der Waals surface area contributed by atoms with Crippen LogP contribution in [-0.4, -0.2) is 15.9 Å². The Bertz CT molecular complexity index is 612. The van der Waals surface area contributed by atoms with Crippen LogP contribution in [-0.2, 0) is 0 Å². The molecule has 0 saturated heterocycles. The molecule has 3 N–H and O–H groups in total. The molecular weight excluding hydrogens is 267 g/mol. The number of nitrogens with one attached hydrogen (secondary N) is 1. The average molecular weight is 280 g/mol. The highest BCUT2D eigenvalue weighted by Crippen LogP contribution is 2.22. The number of nitrogens with zero attached hydrogens (tertiary/aromatic N) is 2. The van der Waals surface area contributed by atoms with E-state index in [-0.39, 0.29) is 17.3 Å². The maximum atomic E-state index is 13.0. The second kappa shape index (κ2) is 5.31. The van der Waals surface area contributed by atoms with Gasteiger partial charge in [-0.3, -0.25) is 10.1 Å². The molecule has 0 aliphatic heterocycles. The minimum Gasteiger partial charge on any atom is -0.383 e. The highest BCUT2D eigenvalue weighted by molar-refractivity contribution is 7.14. The van der Waals surface area contributed by atoms with Gasteiger partial charge in [-0.05, 0) is 12.0 Å². The highest BCUT2D eigenvalue weighted by atomic mass is 32.1. The highest BCUT2D eigenvalue weighted by Gasteiger charge is 2.14. The van der Waals surface area contributed by atoms with E-state index in [4.69, 9.17) is 5.73 Å². The van der Waals surface area contributed by atoms with Gasteiger partial charge in [0.25, 0.3) is 5.91 Å². The summed E-state index contributed by atoms with van der Waals surface area (Å²) in [7, 11) is 0. The molecule has 100 valence electrons. The first-order chi connectivity index (χ1) is 8.97. The topological polar surface area (TPSA) is 80.9 Å². The molecule has 0 saturated carbocycles. The number of nitrogen functional groups attached to an aromatic ring is 1. The standard InChI is InChI=1S/C12H13FN4OS/c1-6(2)9-5-19-12(16-9)17-11(18)8-3-7(13)4-15-10(8)14/h3-6H,1-2H3,(H2,14,15)(H,16,17,18). The summed E-state index contributed by atoms with van der Waals surface area (Å²) in [6, 6.07) is 1.05. The fourth-order valence-corrected chi connectivity index (χ4v) is 2.27. The van der Waals surface area contributed by atoms with Gasteiger partial charge in [0.05, 0.1) is 17.5 Å². The normalized spacial score (nSPS) is 10.7. The summed E-state index contributed by atoms with van der Waals surface area (Å²) in [5.41, 5.74) is 6.44. The van der Waals surface area contributed by atoms with Gasteiger partial charge in [0.15, 0.2) is 5.13 Å². The Balaban J connectivity index is 2.18. The first-order valence-corrected chi connectivity index (χ1v) is 6.53. The van der Waals surface area contributed by atoms with E-state index in [9.17, 15) is 9.18 Å². The van der Waals surface area contributed by atoms with Crippen LogP contribution in [0.2, 0.25) is 0 Å². The molecule has 0 aliphatic carbocycles. The zero-order valence-corrected chi connectivity index (χ0v) is 11.3. The number of nitrogens with two attached hydrogens (primary N) is 1. The Morgan fingerprint density at radius 2 is 2.26 bits per heavy atom. The van der Waals surface area contributed by atoms with E-state index in [2.05, 4.69) is 15.3 Å². The maximum absolute atomic E-state index is 13.0. The third-order valence-corrected chi connectivity index (χ3v) is 3.24. The van der Waals surface area contributed by atoms with Crippen LogP contribution in [0.4, 0.5) is 15.3 Å². The van der Waals surface area contributed by atoms with Crippen LogP contribution in [0.25, 0.3) is 0 Å². The van der Waals surface area contributed by atoms with Gasteiger partial charge >= 0.3 is 0 Å². The van der Waals surface area contributed by atoms with Crippen molar-refractivity contribution in [1.29, 1.82) is 0 Å². The first-order valence-electron chi connectivity index (χ1n) is 5.65. The minimum absolute atomic E-state index is 0.00120. The van der Waals surface area contributed by atoms with Crippen molar-refractivity contribution in [3.05, 3.63) is 34.7 Å². The number of halogens is 1. The Hall–Kier alpha value is -2.02. The van der Waals surface area contributed by atoms with Crippen LogP contribution in [0.5, 0.6) is 0 Å². The van der Waals surface area contributed by atoms with E-state index in [1.807, 2.05) is 19.2 Å². The van der Waals surface area contributed by atoms with Crippen LogP contribution in [0.3, 0.4) is 0 Å². The van der Waals surface area contributed by atoms with Crippen LogP contribution in [0.15, 0.2) is 17.6 Å². The second-order valence-electron chi connectivity index (χ2n) is 4.27. The molecule has 2 aromatic heterocycles. The third-order valence-electron chi connectivity index (χ3n) is 2.46.